The third kappa shape index (κ3) is 3.85. The summed E-state index contributed by atoms with van der Waals surface area (Å²) in [5.41, 5.74) is 3.02. The Labute approximate surface area is 212 Å². The van der Waals surface area contributed by atoms with Gasteiger partial charge in [-0.25, -0.2) is 9.97 Å². The van der Waals surface area contributed by atoms with Crippen LogP contribution in [0.3, 0.4) is 0 Å². The number of aliphatic hydroxyl groups is 1. The van der Waals surface area contributed by atoms with Crippen molar-refractivity contribution in [2.45, 2.75) is 88.7 Å². The monoisotopic (exact) mass is 486 g/mol. The molecule has 0 radical (unpaired) electrons. The van der Waals surface area contributed by atoms with Gasteiger partial charge in [0.05, 0.1) is 23.4 Å². The normalized spacial score (nSPS) is 35.6. The summed E-state index contributed by atoms with van der Waals surface area (Å²) in [6.07, 6.45) is 16.9. The van der Waals surface area contributed by atoms with Gasteiger partial charge in [0.1, 0.15) is 17.0 Å². The zero-order chi connectivity index (χ0) is 24.3. The Balaban J connectivity index is 1.11. The first-order valence-corrected chi connectivity index (χ1v) is 14.2. The number of pyridine rings is 1. The highest BCUT2D eigenvalue weighted by atomic mass is 16.3. The molecule has 0 spiro atoms. The molecular weight excluding hydrogens is 448 g/mol. The number of aromatic amines is 1. The zero-order valence-electron chi connectivity index (χ0n) is 21.2. The third-order valence-corrected chi connectivity index (χ3v) is 10.0. The van der Waals surface area contributed by atoms with E-state index in [0.29, 0.717) is 23.8 Å². The number of rotatable bonds is 7. The lowest BCUT2D eigenvalue weighted by atomic mass is 9.48. The summed E-state index contributed by atoms with van der Waals surface area (Å²) in [5.74, 6) is 3.15. The molecule has 5 fully saturated rings. The summed E-state index contributed by atoms with van der Waals surface area (Å²) in [6.45, 7) is 1.93. The van der Waals surface area contributed by atoms with Crippen molar-refractivity contribution in [1.82, 2.24) is 24.8 Å². The molecule has 0 aromatic carbocycles. The van der Waals surface area contributed by atoms with E-state index in [4.69, 9.17) is 10.2 Å². The van der Waals surface area contributed by atoms with E-state index in [2.05, 4.69) is 32.0 Å². The van der Waals surface area contributed by atoms with Gasteiger partial charge in [0, 0.05) is 43.6 Å². The Morgan fingerprint density at radius 1 is 1.17 bits per heavy atom. The second-order valence-corrected chi connectivity index (χ2v) is 12.8. The molecule has 4 bridgehead atoms. The fraction of sp³-hybridized carbons (Fsp3) is 0.690. The van der Waals surface area contributed by atoms with Crippen LogP contribution in [0.5, 0.6) is 0 Å². The number of nitrogens with one attached hydrogen (secondary N) is 2. The maximum Gasteiger partial charge on any atom is 0.139 e. The Morgan fingerprint density at radius 2 is 1.97 bits per heavy atom. The van der Waals surface area contributed by atoms with Crippen LogP contribution in [0.15, 0.2) is 18.5 Å². The van der Waals surface area contributed by atoms with Crippen molar-refractivity contribution in [3.8, 4) is 6.07 Å². The van der Waals surface area contributed by atoms with Crippen LogP contribution >= 0.6 is 0 Å². The zero-order valence-corrected chi connectivity index (χ0v) is 21.2. The molecule has 3 aromatic heterocycles. The van der Waals surface area contributed by atoms with Crippen LogP contribution in [0.4, 0.5) is 0 Å². The molecule has 36 heavy (non-hydrogen) atoms. The summed E-state index contributed by atoms with van der Waals surface area (Å²) in [5, 5.41) is 25.2. The van der Waals surface area contributed by atoms with Crippen molar-refractivity contribution in [2.24, 2.45) is 23.2 Å². The molecular formula is C29H38N6O. The fourth-order valence-electron chi connectivity index (χ4n) is 9.11. The van der Waals surface area contributed by atoms with Crippen LogP contribution in [0.2, 0.25) is 0 Å². The van der Waals surface area contributed by atoms with Crippen LogP contribution in [0, 0.1) is 34.5 Å². The van der Waals surface area contributed by atoms with E-state index < -0.39 is 0 Å². The first-order valence-electron chi connectivity index (χ1n) is 14.2. The van der Waals surface area contributed by atoms with Gasteiger partial charge >= 0.3 is 0 Å². The van der Waals surface area contributed by atoms with Gasteiger partial charge in [-0.15, -0.1) is 0 Å². The minimum absolute atomic E-state index is 0.291. The van der Waals surface area contributed by atoms with Gasteiger partial charge in [0.15, 0.2) is 0 Å². The number of hydrogen-bond donors (Lipinski definition) is 3. The summed E-state index contributed by atoms with van der Waals surface area (Å²) >= 11 is 0. The Bertz CT molecular complexity index is 1290. The van der Waals surface area contributed by atoms with Gasteiger partial charge < -0.3 is 20.0 Å². The minimum atomic E-state index is -0.390. The van der Waals surface area contributed by atoms with E-state index in [1.54, 1.807) is 0 Å². The van der Waals surface area contributed by atoms with E-state index in [0.717, 1.165) is 98.7 Å². The maximum absolute atomic E-state index is 11.1. The van der Waals surface area contributed by atoms with Crippen LogP contribution in [0.25, 0.3) is 22.1 Å². The predicted molar refractivity (Wildman–Crippen MR) is 139 cm³/mol. The minimum Gasteiger partial charge on any atom is -0.390 e. The number of H-pyrrole nitrogens is 1. The molecule has 7 nitrogen and oxygen atoms in total. The standard InChI is InChI=1S/C29H38N6O/c30-8-5-19-1-3-22(4-2-19)35-25(34-24-16-33-27-23(26(24)35)6-10-32-27)7-9-31-18-28-12-20-11-21(13-28)15-29(36,14-20)17-28/h6,10,16,19-22,31,36H,1-5,7,9,11-15,17-18H2,(H,32,33). The van der Waals surface area contributed by atoms with Gasteiger partial charge in [0.2, 0.25) is 0 Å². The largest absolute Gasteiger partial charge is 0.390 e. The van der Waals surface area contributed by atoms with Crippen molar-refractivity contribution in [3.63, 3.8) is 0 Å². The van der Waals surface area contributed by atoms with Gasteiger partial charge in [-0.2, -0.15) is 5.26 Å². The lowest BCUT2D eigenvalue weighted by molar-refractivity contribution is -0.162. The molecule has 0 saturated heterocycles. The molecule has 7 heteroatoms. The van der Waals surface area contributed by atoms with Crippen LogP contribution in [-0.2, 0) is 6.42 Å². The molecule has 2 unspecified atom stereocenters. The van der Waals surface area contributed by atoms with E-state index >= 15 is 0 Å². The summed E-state index contributed by atoms with van der Waals surface area (Å²) in [7, 11) is 0. The van der Waals surface area contributed by atoms with Gasteiger partial charge in [0.25, 0.3) is 0 Å². The molecule has 8 rings (SSSR count). The second kappa shape index (κ2) is 8.56. The van der Waals surface area contributed by atoms with Crippen molar-refractivity contribution < 1.29 is 5.11 Å². The van der Waals surface area contributed by atoms with E-state index in [1.807, 2.05) is 12.4 Å². The fourth-order valence-corrected chi connectivity index (χ4v) is 9.11. The van der Waals surface area contributed by atoms with Gasteiger partial charge in [-0.3, -0.25) is 0 Å². The number of imidazole rings is 1. The second-order valence-electron chi connectivity index (χ2n) is 12.8. The predicted octanol–water partition coefficient (Wildman–Crippen LogP) is 5.02. The lowest BCUT2D eigenvalue weighted by Crippen LogP contribution is -2.58. The van der Waals surface area contributed by atoms with Gasteiger partial charge in [-0.05, 0) is 93.4 Å². The van der Waals surface area contributed by atoms with Crippen molar-refractivity contribution >= 4 is 22.1 Å². The van der Waals surface area contributed by atoms with Crippen LogP contribution in [-0.4, -0.2) is 43.3 Å². The molecule has 2 atom stereocenters. The number of nitriles is 1. The third-order valence-electron chi connectivity index (χ3n) is 10.0. The first kappa shape index (κ1) is 22.7. The van der Waals surface area contributed by atoms with Crippen LogP contribution < -0.4 is 5.32 Å². The van der Waals surface area contributed by atoms with Crippen LogP contribution in [0.1, 0.15) is 82.5 Å². The number of hydrogen-bond acceptors (Lipinski definition) is 5. The molecule has 3 N–H and O–H groups in total. The average molecular weight is 487 g/mol. The van der Waals surface area contributed by atoms with E-state index in [1.165, 1.54) is 24.8 Å². The molecule has 3 heterocycles. The molecule has 5 saturated carbocycles. The smallest absolute Gasteiger partial charge is 0.139 e. The SMILES string of the molecule is N#CCC1CCC(n2c(CCNCC34CC5CC(CC(O)(C5)C3)C4)nc3cnc4[nH]ccc4c32)CC1. The first-order chi connectivity index (χ1) is 17.5. The highest BCUT2D eigenvalue weighted by Crippen LogP contribution is 2.61. The number of fused-ring (bicyclic) bond motifs is 3. The molecule has 0 amide bonds. The molecule has 0 aliphatic heterocycles. The summed E-state index contributed by atoms with van der Waals surface area (Å²) in [4.78, 5) is 13.0. The average Bonchev–Trinajstić information content (AvgIpc) is 3.45. The van der Waals surface area contributed by atoms with Gasteiger partial charge in [-0.1, -0.05) is 0 Å². The Kier molecular flexibility index (Phi) is 5.41. The van der Waals surface area contributed by atoms with Crippen molar-refractivity contribution in [2.75, 3.05) is 13.1 Å². The molecule has 190 valence electrons. The Hall–Kier alpha value is -2.43. The number of nitrogens with zero attached hydrogens (tertiary/aromatic N) is 4. The highest BCUT2D eigenvalue weighted by Gasteiger charge is 2.56. The molecule has 5 aliphatic carbocycles. The quantitative estimate of drug-likeness (QED) is 0.407. The van der Waals surface area contributed by atoms with Crippen molar-refractivity contribution in [3.05, 3.63) is 24.3 Å². The Morgan fingerprint density at radius 3 is 2.72 bits per heavy atom. The van der Waals surface area contributed by atoms with E-state index in [-0.39, 0.29) is 5.60 Å². The highest BCUT2D eigenvalue weighted by molar-refractivity contribution is 6.01. The number of aromatic nitrogens is 4. The summed E-state index contributed by atoms with van der Waals surface area (Å²) in [6, 6.07) is 4.93. The maximum atomic E-state index is 11.1. The molecule has 5 aliphatic rings. The lowest BCUT2D eigenvalue weighted by Gasteiger charge is -2.60. The van der Waals surface area contributed by atoms with Crippen molar-refractivity contribution in [1.29, 1.82) is 5.26 Å². The van der Waals surface area contributed by atoms with E-state index in [9.17, 15) is 5.11 Å². The summed E-state index contributed by atoms with van der Waals surface area (Å²) < 4.78 is 2.52. The topological polar surface area (TPSA) is 103 Å². The molecule has 3 aromatic rings.